The van der Waals surface area contributed by atoms with Gasteiger partial charge in [-0.1, -0.05) is 40.2 Å². The minimum Gasteiger partial charge on any atom is -0.477 e. The summed E-state index contributed by atoms with van der Waals surface area (Å²) in [4.78, 5) is 16.6. The number of carbonyl (C=O) groups excluding carboxylic acids is 1. The lowest BCUT2D eigenvalue weighted by Gasteiger charge is -2.30. The summed E-state index contributed by atoms with van der Waals surface area (Å²) in [7, 11) is 0. The summed E-state index contributed by atoms with van der Waals surface area (Å²) in [6.07, 6.45) is 1.79. The second-order valence-corrected chi connectivity index (χ2v) is 9.05. The Labute approximate surface area is 181 Å². The van der Waals surface area contributed by atoms with Gasteiger partial charge in [0.25, 0.3) is 0 Å². The molecule has 0 radical (unpaired) electrons. The Morgan fingerprint density at radius 3 is 2.86 bits per heavy atom. The molecular weight excluding hydrogens is 450 g/mol. The highest BCUT2D eigenvalue weighted by atomic mass is 79.9. The van der Waals surface area contributed by atoms with Crippen molar-refractivity contribution in [3.8, 4) is 11.5 Å². The van der Waals surface area contributed by atoms with E-state index in [0.29, 0.717) is 23.8 Å². The highest BCUT2D eigenvalue weighted by Crippen LogP contribution is 2.43. The second-order valence-electron chi connectivity index (χ2n) is 7.17. The summed E-state index contributed by atoms with van der Waals surface area (Å²) in [5.41, 5.74) is 3.44. The summed E-state index contributed by atoms with van der Waals surface area (Å²) in [6.45, 7) is 4.07. The third-order valence-corrected chi connectivity index (χ3v) is 6.74. The van der Waals surface area contributed by atoms with Crippen molar-refractivity contribution in [2.45, 2.75) is 20.0 Å². The summed E-state index contributed by atoms with van der Waals surface area (Å²) >= 11 is 5.26. The van der Waals surface area contributed by atoms with Crippen LogP contribution < -0.4 is 9.47 Å². The fourth-order valence-electron chi connectivity index (χ4n) is 3.75. The summed E-state index contributed by atoms with van der Waals surface area (Å²) in [5.74, 6) is 1.70. The van der Waals surface area contributed by atoms with Gasteiger partial charge in [0.1, 0.15) is 18.2 Å². The Kier molecular flexibility index (Phi) is 4.78. The zero-order valence-electron chi connectivity index (χ0n) is 15.8. The standard InChI is InChI=1S/C23H18BrNO3S/c1-14-22-16(11-25(13-27-22)12-17-6-4-8-29-17)9-18-21(26)20(28-23(14)18)10-15-5-2-3-7-19(15)24/h2-10H,11-13H2,1H3/b20-10-. The van der Waals surface area contributed by atoms with E-state index >= 15 is 0 Å². The van der Waals surface area contributed by atoms with E-state index in [9.17, 15) is 4.79 Å². The maximum atomic E-state index is 13.0. The molecule has 0 amide bonds. The first-order chi connectivity index (χ1) is 14.1. The number of benzene rings is 2. The van der Waals surface area contributed by atoms with E-state index < -0.39 is 0 Å². The van der Waals surface area contributed by atoms with E-state index in [1.807, 2.05) is 37.3 Å². The Bertz CT molecular complexity index is 1140. The van der Waals surface area contributed by atoms with Crippen molar-refractivity contribution in [2.24, 2.45) is 0 Å². The lowest BCUT2D eigenvalue weighted by Crippen LogP contribution is -2.31. The van der Waals surface area contributed by atoms with Crippen molar-refractivity contribution in [1.82, 2.24) is 4.90 Å². The number of fused-ring (bicyclic) bond motifs is 2. The van der Waals surface area contributed by atoms with Crippen LogP contribution in [0.25, 0.3) is 6.08 Å². The van der Waals surface area contributed by atoms with Gasteiger partial charge >= 0.3 is 0 Å². The van der Waals surface area contributed by atoms with E-state index in [1.54, 1.807) is 17.4 Å². The number of rotatable bonds is 3. The van der Waals surface area contributed by atoms with E-state index in [2.05, 4.69) is 38.3 Å². The number of carbonyl (C=O) groups is 1. The van der Waals surface area contributed by atoms with Crippen LogP contribution in [-0.2, 0) is 13.1 Å². The quantitative estimate of drug-likeness (QED) is 0.457. The molecule has 146 valence electrons. The van der Waals surface area contributed by atoms with Crippen LogP contribution in [0.15, 0.2) is 58.1 Å². The van der Waals surface area contributed by atoms with Crippen LogP contribution >= 0.6 is 27.3 Å². The molecule has 1 aromatic heterocycles. The van der Waals surface area contributed by atoms with Crippen molar-refractivity contribution >= 4 is 39.1 Å². The van der Waals surface area contributed by atoms with Crippen molar-refractivity contribution < 1.29 is 14.3 Å². The van der Waals surface area contributed by atoms with Crippen molar-refractivity contribution in [2.75, 3.05) is 6.73 Å². The average molecular weight is 468 g/mol. The molecule has 3 aromatic rings. The number of hydrogen-bond acceptors (Lipinski definition) is 5. The maximum absolute atomic E-state index is 13.0. The predicted octanol–water partition coefficient (Wildman–Crippen LogP) is 5.79. The van der Waals surface area contributed by atoms with Crippen molar-refractivity contribution in [3.63, 3.8) is 0 Å². The number of halogens is 1. The fraction of sp³-hybridized carbons (Fsp3) is 0.174. The second kappa shape index (κ2) is 7.44. The molecule has 0 atom stereocenters. The monoisotopic (exact) mass is 467 g/mol. The van der Waals surface area contributed by atoms with Crippen LogP contribution in [0.3, 0.4) is 0 Å². The van der Waals surface area contributed by atoms with E-state index in [1.165, 1.54) is 4.88 Å². The Morgan fingerprint density at radius 1 is 1.21 bits per heavy atom. The van der Waals surface area contributed by atoms with Crippen LogP contribution in [0.2, 0.25) is 0 Å². The lowest BCUT2D eigenvalue weighted by atomic mass is 10.00. The zero-order valence-corrected chi connectivity index (χ0v) is 18.2. The highest BCUT2D eigenvalue weighted by Gasteiger charge is 2.33. The number of Topliss-reactive ketones (excluding diaryl/α,β-unsaturated/α-hetero) is 1. The largest absolute Gasteiger partial charge is 0.477 e. The molecule has 4 nitrogen and oxygen atoms in total. The Hall–Kier alpha value is -2.41. The molecule has 29 heavy (non-hydrogen) atoms. The molecule has 0 N–H and O–H groups in total. The molecule has 0 spiro atoms. The first-order valence-corrected chi connectivity index (χ1v) is 11.0. The van der Waals surface area contributed by atoms with Crippen molar-refractivity contribution in [3.05, 3.63) is 85.2 Å². The molecule has 3 heterocycles. The molecule has 6 heteroatoms. The first kappa shape index (κ1) is 18.6. The average Bonchev–Trinajstić information content (AvgIpc) is 3.33. The van der Waals surface area contributed by atoms with Crippen LogP contribution in [0.5, 0.6) is 11.5 Å². The van der Waals surface area contributed by atoms with E-state index in [-0.39, 0.29) is 5.78 Å². The van der Waals surface area contributed by atoms with Gasteiger partial charge in [0, 0.05) is 33.6 Å². The third-order valence-electron chi connectivity index (χ3n) is 5.15. The molecule has 5 rings (SSSR count). The van der Waals surface area contributed by atoms with Gasteiger partial charge in [-0.2, -0.15) is 0 Å². The van der Waals surface area contributed by atoms with Gasteiger partial charge in [0.05, 0.1) is 5.56 Å². The minimum absolute atomic E-state index is 0.0861. The molecule has 0 unspecified atom stereocenters. The lowest BCUT2D eigenvalue weighted by molar-refractivity contribution is 0.0886. The number of allylic oxidation sites excluding steroid dienone is 1. The number of nitrogens with zero attached hydrogens (tertiary/aromatic N) is 1. The van der Waals surface area contributed by atoms with Crippen LogP contribution in [0.1, 0.15) is 31.9 Å². The molecule has 0 bridgehead atoms. The fourth-order valence-corrected chi connectivity index (χ4v) is 4.90. The van der Waals surface area contributed by atoms with Crippen LogP contribution in [0.4, 0.5) is 0 Å². The van der Waals surface area contributed by atoms with Gasteiger partial charge in [0.15, 0.2) is 5.76 Å². The van der Waals surface area contributed by atoms with E-state index in [0.717, 1.165) is 40.0 Å². The van der Waals surface area contributed by atoms with Gasteiger partial charge in [-0.15, -0.1) is 11.3 Å². The summed E-state index contributed by atoms with van der Waals surface area (Å²) in [6, 6.07) is 13.9. The third kappa shape index (κ3) is 3.41. The van der Waals surface area contributed by atoms with Gasteiger partial charge in [-0.05, 0) is 42.1 Å². The van der Waals surface area contributed by atoms with E-state index in [4.69, 9.17) is 9.47 Å². The van der Waals surface area contributed by atoms with Gasteiger partial charge < -0.3 is 9.47 Å². The summed E-state index contributed by atoms with van der Waals surface area (Å²) < 4.78 is 13.0. The molecule has 2 aliphatic heterocycles. The smallest absolute Gasteiger partial charge is 0.231 e. The molecule has 0 fully saturated rings. The van der Waals surface area contributed by atoms with Gasteiger partial charge in [0.2, 0.25) is 5.78 Å². The molecular formula is C23H18BrNO3S. The predicted molar refractivity (Wildman–Crippen MR) is 117 cm³/mol. The number of ketones is 1. The normalized spacial score (nSPS) is 17.0. The maximum Gasteiger partial charge on any atom is 0.231 e. The van der Waals surface area contributed by atoms with Crippen molar-refractivity contribution in [1.29, 1.82) is 0 Å². The number of hydrogen-bond donors (Lipinski definition) is 0. The van der Waals surface area contributed by atoms with Gasteiger partial charge in [-0.3, -0.25) is 9.69 Å². The Morgan fingerprint density at radius 2 is 2.07 bits per heavy atom. The molecule has 2 aliphatic rings. The number of thiophene rings is 1. The topological polar surface area (TPSA) is 38.8 Å². The molecule has 0 saturated carbocycles. The molecule has 0 saturated heterocycles. The van der Waals surface area contributed by atoms with Gasteiger partial charge in [-0.25, -0.2) is 0 Å². The summed E-state index contributed by atoms with van der Waals surface area (Å²) in [5, 5.41) is 2.08. The molecule has 0 aliphatic carbocycles. The SMILES string of the molecule is Cc1c2c(cc3c1O/C(=C\c1ccccc1Br)C3=O)CN(Cc1cccs1)CO2. The minimum atomic E-state index is -0.0861. The highest BCUT2D eigenvalue weighted by molar-refractivity contribution is 9.10. The van der Waals surface area contributed by atoms with Crippen LogP contribution in [-0.4, -0.2) is 17.4 Å². The van der Waals surface area contributed by atoms with Crippen LogP contribution in [0, 0.1) is 6.92 Å². The number of ether oxygens (including phenoxy) is 2. The zero-order chi connectivity index (χ0) is 20.0. The Balaban J connectivity index is 1.46. The molecule has 2 aromatic carbocycles. The first-order valence-electron chi connectivity index (χ1n) is 9.33.